The van der Waals surface area contributed by atoms with Gasteiger partial charge in [-0.15, -0.1) is 0 Å². The second kappa shape index (κ2) is 5.81. The summed E-state index contributed by atoms with van der Waals surface area (Å²) < 4.78 is 0. The fourth-order valence-electron chi connectivity index (χ4n) is 2.85. The molecule has 0 amide bonds. The van der Waals surface area contributed by atoms with Crippen molar-refractivity contribution in [1.82, 2.24) is 0 Å². The number of aromatic carboxylic acids is 1. The van der Waals surface area contributed by atoms with Crippen LogP contribution in [0.3, 0.4) is 0 Å². The Hall–Kier alpha value is -3.93. The molecule has 3 rings (SSSR count). The number of fused-ring (bicyclic) bond motifs is 3. The van der Waals surface area contributed by atoms with E-state index in [4.69, 9.17) is 16.7 Å². The summed E-state index contributed by atoms with van der Waals surface area (Å²) in [6.07, 6.45) is 0. The Bertz CT molecular complexity index is 1130. The van der Waals surface area contributed by atoms with E-state index in [1.165, 1.54) is 0 Å². The van der Waals surface area contributed by atoms with Crippen LogP contribution in [0.15, 0.2) is 18.2 Å². The Labute approximate surface area is 152 Å². The molecule has 0 heterocycles. The van der Waals surface area contributed by atoms with E-state index >= 15 is 0 Å². The predicted molar refractivity (Wildman–Crippen MR) is 87.2 cm³/mol. The highest BCUT2D eigenvalue weighted by Gasteiger charge is 2.43. The van der Waals surface area contributed by atoms with Crippen molar-refractivity contribution in [3.05, 3.63) is 70.3 Å². The molecule has 0 fully saturated rings. The smallest absolute Gasteiger partial charge is 0.337 e. The van der Waals surface area contributed by atoms with Gasteiger partial charge in [0.05, 0.1) is 48.1 Å². The number of hydrogen-bond acceptors (Lipinski definition) is 8. The maximum Gasteiger partial charge on any atom is 0.337 e. The molecule has 0 atom stereocenters. The Morgan fingerprint density at radius 1 is 0.889 bits per heavy atom. The largest absolute Gasteiger partial charge is 0.478 e. The van der Waals surface area contributed by atoms with Crippen LogP contribution in [0.4, 0.5) is 17.1 Å². The molecule has 136 valence electrons. The van der Waals surface area contributed by atoms with Crippen LogP contribution in [-0.4, -0.2) is 31.6 Å². The van der Waals surface area contributed by atoms with Crippen molar-refractivity contribution in [2.45, 2.75) is 0 Å². The van der Waals surface area contributed by atoms with Crippen LogP contribution >= 0.6 is 11.6 Å². The normalized spacial score (nSPS) is 11.7. The van der Waals surface area contributed by atoms with Crippen LogP contribution in [0.2, 0.25) is 5.02 Å². The molecule has 0 aromatic heterocycles. The van der Waals surface area contributed by atoms with Gasteiger partial charge in [0.15, 0.2) is 5.78 Å². The summed E-state index contributed by atoms with van der Waals surface area (Å²) in [5, 5.41) is 42.3. The molecular weight excluding hydrogens is 390 g/mol. The highest BCUT2D eigenvalue weighted by Crippen LogP contribution is 2.51. The van der Waals surface area contributed by atoms with Gasteiger partial charge in [0.1, 0.15) is 0 Å². The molecule has 13 heteroatoms. The lowest BCUT2D eigenvalue weighted by atomic mass is 9.99. The van der Waals surface area contributed by atoms with Crippen LogP contribution < -0.4 is 0 Å². The number of carbonyl (C=O) groups is 2. The van der Waals surface area contributed by atoms with E-state index in [0.717, 1.165) is 6.07 Å². The lowest BCUT2D eigenvalue weighted by molar-refractivity contribution is -0.394. The van der Waals surface area contributed by atoms with Crippen LogP contribution in [0.25, 0.3) is 11.1 Å². The third-order valence-electron chi connectivity index (χ3n) is 3.90. The minimum atomic E-state index is -1.66. The number of nitro benzene ring substituents is 3. The molecule has 2 aromatic carbocycles. The van der Waals surface area contributed by atoms with Gasteiger partial charge in [-0.05, 0) is 0 Å². The van der Waals surface area contributed by atoms with Crippen molar-refractivity contribution in [1.29, 1.82) is 0 Å². The van der Waals surface area contributed by atoms with Crippen molar-refractivity contribution in [3.8, 4) is 11.1 Å². The monoisotopic (exact) mass is 393 g/mol. The summed E-state index contributed by atoms with van der Waals surface area (Å²) in [7, 11) is 0. The Balaban J connectivity index is 2.54. The molecule has 1 N–H and O–H groups in total. The van der Waals surface area contributed by atoms with Gasteiger partial charge < -0.3 is 5.11 Å². The van der Waals surface area contributed by atoms with E-state index in [9.17, 15) is 39.9 Å². The molecular formula is C14H4ClN3O9. The lowest BCUT2D eigenvalue weighted by Gasteiger charge is -2.07. The summed E-state index contributed by atoms with van der Waals surface area (Å²) in [5.74, 6) is -2.74. The minimum Gasteiger partial charge on any atom is -0.478 e. The first kappa shape index (κ1) is 17.9. The zero-order chi connectivity index (χ0) is 20.2. The van der Waals surface area contributed by atoms with E-state index < -0.39 is 76.4 Å². The topological polar surface area (TPSA) is 184 Å². The maximum atomic E-state index is 12.7. The highest BCUT2D eigenvalue weighted by molar-refractivity contribution is 6.41. The zero-order valence-corrected chi connectivity index (χ0v) is 13.4. The number of carboxylic acids is 1. The number of nitro groups is 3. The fraction of sp³-hybridized carbons (Fsp3) is 0. The van der Waals surface area contributed by atoms with E-state index in [2.05, 4.69) is 0 Å². The van der Waals surface area contributed by atoms with Gasteiger partial charge in [0, 0.05) is 17.7 Å². The summed E-state index contributed by atoms with van der Waals surface area (Å²) in [6, 6.07) is 1.87. The average Bonchev–Trinajstić information content (AvgIpc) is 2.87. The maximum absolute atomic E-state index is 12.7. The summed E-state index contributed by atoms with van der Waals surface area (Å²) in [4.78, 5) is 54.7. The zero-order valence-electron chi connectivity index (χ0n) is 12.7. The fourth-order valence-corrected chi connectivity index (χ4v) is 3.16. The van der Waals surface area contributed by atoms with Gasteiger partial charge in [-0.1, -0.05) is 11.6 Å². The lowest BCUT2D eigenvalue weighted by Crippen LogP contribution is -2.05. The molecule has 2 aromatic rings. The Kier molecular flexibility index (Phi) is 3.85. The quantitative estimate of drug-likeness (QED) is 0.513. The molecule has 0 spiro atoms. The minimum absolute atomic E-state index is 0.517. The molecule has 0 saturated carbocycles. The molecule has 27 heavy (non-hydrogen) atoms. The van der Waals surface area contributed by atoms with Crippen molar-refractivity contribution in [3.63, 3.8) is 0 Å². The first-order chi connectivity index (χ1) is 12.6. The molecule has 1 aliphatic carbocycles. The third kappa shape index (κ3) is 2.46. The second-order valence-electron chi connectivity index (χ2n) is 5.30. The number of non-ortho nitro benzene ring substituents is 1. The summed E-state index contributed by atoms with van der Waals surface area (Å²) in [6.45, 7) is 0. The molecule has 0 bridgehead atoms. The molecule has 0 radical (unpaired) electrons. The van der Waals surface area contributed by atoms with Gasteiger partial charge in [0.2, 0.25) is 0 Å². The number of hydrogen-bond donors (Lipinski definition) is 1. The number of benzene rings is 2. The van der Waals surface area contributed by atoms with Gasteiger partial charge in [-0.2, -0.15) is 0 Å². The van der Waals surface area contributed by atoms with Gasteiger partial charge in [-0.25, -0.2) is 4.79 Å². The molecule has 1 aliphatic rings. The van der Waals surface area contributed by atoms with Gasteiger partial charge >= 0.3 is 5.97 Å². The average molecular weight is 394 g/mol. The predicted octanol–water partition coefficient (Wildman–Crippen LogP) is 2.97. The van der Waals surface area contributed by atoms with E-state index in [0.29, 0.717) is 12.1 Å². The van der Waals surface area contributed by atoms with Gasteiger partial charge in [0.25, 0.3) is 17.1 Å². The number of nitrogens with zero attached hydrogens (tertiary/aromatic N) is 3. The highest BCUT2D eigenvalue weighted by atomic mass is 35.5. The number of rotatable bonds is 4. The van der Waals surface area contributed by atoms with Crippen molar-refractivity contribution in [2.75, 3.05) is 0 Å². The molecule has 0 unspecified atom stereocenters. The van der Waals surface area contributed by atoms with Crippen LogP contribution in [-0.2, 0) is 0 Å². The van der Waals surface area contributed by atoms with E-state index in [-0.39, 0.29) is 0 Å². The molecule has 12 nitrogen and oxygen atoms in total. The standard InChI is InChI=1S/C14H4ClN3O9/c15-12-6(14(20)21)3-8(18(26)27)10-9-5(13(19)11(10)12)1-4(16(22)23)2-7(9)17(24)25/h1-3H,(H,20,21). The van der Waals surface area contributed by atoms with Gasteiger partial charge in [-0.3, -0.25) is 35.1 Å². The van der Waals surface area contributed by atoms with E-state index in [1.807, 2.05) is 0 Å². The van der Waals surface area contributed by atoms with Crippen LogP contribution in [0.1, 0.15) is 26.3 Å². The third-order valence-corrected chi connectivity index (χ3v) is 4.29. The van der Waals surface area contributed by atoms with Crippen molar-refractivity contribution < 1.29 is 29.5 Å². The Morgan fingerprint density at radius 2 is 1.44 bits per heavy atom. The first-order valence-corrected chi connectivity index (χ1v) is 7.20. The number of carbonyl (C=O) groups excluding carboxylic acids is 1. The number of carboxylic acid groups (broad SMARTS) is 1. The number of halogens is 1. The van der Waals surface area contributed by atoms with Crippen molar-refractivity contribution >= 4 is 40.4 Å². The Morgan fingerprint density at radius 3 is 1.93 bits per heavy atom. The van der Waals surface area contributed by atoms with Crippen molar-refractivity contribution in [2.24, 2.45) is 0 Å². The van der Waals surface area contributed by atoms with Crippen LogP contribution in [0.5, 0.6) is 0 Å². The molecule has 0 saturated heterocycles. The van der Waals surface area contributed by atoms with Crippen LogP contribution in [0, 0.1) is 30.3 Å². The SMILES string of the molecule is O=C(O)c1cc([N+](=O)[O-])c2c(c1Cl)C(=O)c1cc([N+](=O)[O-])cc([N+](=O)[O-])c1-2. The first-order valence-electron chi connectivity index (χ1n) is 6.82. The van der Waals surface area contributed by atoms with E-state index in [1.54, 1.807) is 0 Å². The molecule has 0 aliphatic heterocycles. The summed E-state index contributed by atoms with van der Waals surface area (Å²) >= 11 is 5.92. The second-order valence-corrected chi connectivity index (χ2v) is 5.68. The number of ketones is 1. The summed E-state index contributed by atoms with van der Waals surface area (Å²) in [5.41, 5.74) is -5.56.